The third-order valence-electron chi connectivity index (χ3n) is 4.59. The number of benzene rings is 2. The molecule has 0 fully saturated rings. The second kappa shape index (κ2) is 11.8. The van der Waals surface area contributed by atoms with E-state index in [9.17, 15) is 18.0 Å². The van der Waals surface area contributed by atoms with E-state index in [2.05, 4.69) is 5.32 Å². The van der Waals surface area contributed by atoms with E-state index in [0.29, 0.717) is 10.2 Å². The molecule has 3 N–H and O–H groups in total. The molecule has 1 unspecified atom stereocenters. The van der Waals surface area contributed by atoms with Crippen molar-refractivity contribution in [2.75, 3.05) is 13.7 Å². The molecule has 0 aliphatic heterocycles. The van der Waals surface area contributed by atoms with Gasteiger partial charge in [-0.1, -0.05) is 28.7 Å². The fourth-order valence-electron chi connectivity index (χ4n) is 3.00. The van der Waals surface area contributed by atoms with E-state index in [0.717, 1.165) is 11.1 Å². The lowest BCUT2D eigenvalue weighted by molar-refractivity contribution is -0.166. The summed E-state index contributed by atoms with van der Waals surface area (Å²) in [5.41, 5.74) is 3.12. The van der Waals surface area contributed by atoms with Crippen LogP contribution in [-0.4, -0.2) is 55.7 Å². The summed E-state index contributed by atoms with van der Waals surface area (Å²) in [6.07, 6.45) is -0.713. The van der Waals surface area contributed by atoms with E-state index in [1.165, 1.54) is 24.5 Å². The number of nitrogens with one attached hydrogen (secondary N) is 2. The Morgan fingerprint density at radius 2 is 1.58 bits per heavy atom. The molecular formula is C22H29N3O7S. The van der Waals surface area contributed by atoms with Crippen molar-refractivity contribution in [2.45, 2.75) is 44.2 Å². The molecular weight excluding hydrogens is 450 g/mol. The molecule has 0 saturated heterocycles. The summed E-state index contributed by atoms with van der Waals surface area (Å²) in [5.74, 6) is -0.627. The van der Waals surface area contributed by atoms with Crippen LogP contribution in [-0.2, 0) is 24.4 Å². The van der Waals surface area contributed by atoms with E-state index < -0.39 is 28.1 Å². The molecule has 2 rings (SSSR count). The number of ether oxygens (including phenoxy) is 1. The largest absolute Gasteiger partial charge is 0.497 e. The molecule has 2 aromatic rings. The van der Waals surface area contributed by atoms with Crippen molar-refractivity contribution >= 4 is 21.8 Å². The van der Waals surface area contributed by atoms with Crippen molar-refractivity contribution in [3.63, 3.8) is 0 Å². The quantitative estimate of drug-likeness (QED) is 0.332. The fraction of sp³-hybridized carbons (Fsp3) is 0.364. The van der Waals surface area contributed by atoms with Gasteiger partial charge >= 0.3 is 0 Å². The van der Waals surface area contributed by atoms with E-state index >= 15 is 0 Å². The summed E-state index contributed by atoms with van der Waals surface area (Å²) in [5, 5.41) is 11.7. The molecule has 2 amide bonds. The maximum Gasteiger partial charge on any atom is 0.265 e. The highest BCUT2D eigenvalue weighted by molar-refractivity contribution is 7.89. The first-order chi connectivity index (χ1) is 15.6. The normalized spacial score (nSPS) is 12.5. The molecule has 10 nitrogen and oxygen atoms in total. The molecule has 0 aliphatic rings. The van der Waals surface area contributed by atoms with Gasteiger partial charge in [0, 0.05) is 13.5 Å². The molecule has 0 radical (unpaired) electrons. The van der Waals surface area contributed by atoms with Crippen molar-refractivity contribution < 1.29 is 32.8 Å². The summed E-state index contributed by atoms with van der Waals surface area (Å²) in [6.45, 7) is 4.51. The van der Waals surface area contributed by atoms with Crippen molar-refractivity contribution in [2.24, 2.45) is 0 Å². The zero-order valence-corrected chi connectivity index (χ0v) is 19.8. The summed E-state index contributed by atoms with van der Waals surface area (Å²) >= 11 is 0. The number of hydrogen-bond donors (Lipinski definition) is 3. The number of hydroxylamine groups is 2. The molecule has 2 aromatic carbocycles. The van der Waals surface area contributed by atoms with Gasteiger partial charge in [0.2, 0.25) is 5.91 Å². The molecule has 11 heteroatoms. The van der Waals surface area contributed by atoms with E-state index in [4.69, 9.17) is 14.8 Å². The second-order valence-electron chi connectivity index (χ2n) is 7.43. The molecule has 0 aromatic heterocycles. The lowest BCUT2D eigenvalue weighted by Gasteiger charge is -2.30. The zero-order valence-electron chi connectivity index (χ0n) is 18.9. The number of carbonyl (C=O) groups excluding carboxylic acids is 2. The minimum Gasteiger partial charge on any atom is -0.497 e. The lowest BCUT2D eigenvalue weighted by atomic mass is 10.1. The van der Waals surface area contributed by atoms with Crippen LogP contribution in [0.3, 0.4) is 0 Å². The standard InChI is InChI=1S/C22H29N3O7S/c1-15(2)32-25(21(22(27)24-28)13-14-23-16(3)26)33(29,30)20-11-7-18(8-12-20)17-5-9-19(31-4)10-6-17/h5-12,15,21,28H,13-14H2,1-4H3,(H,23,26)(H,24,27). The van der Waals surface area contributed by atoms with Crippen LogP contribution in [0.4, 0.5) is 0 Å². The number of carbonyl (C=O) groups is 2. The highest BCUT2D eigenvalue weighted by atomic mass is 32.2. The van der Waals surface area contributed by atoms with Gasteiger partial charge in [-0.25, -0.2) is 13.9 Å². The minimum atomic E-state index is -4.30. The van der Waals surface area contributed by atoms with Crippen LogP contribution in [0.1, 0.15) is 27.2 Å². The minimum absolute atomic E-state index is 0.00268. The lowest BCUT2D eigenvalue weighted by Crippen LogP contribution is -2.50. The van der Waals surface area contributed by atoms with Crippen LogP contribution in [0.5, 0.6) is 5.75 Å². The highest BCUT2D eigenvalue weighted by Gasteiger charge is 2.38. The van der Waals surface area contributed by atoms with Crippen molar-refractivity contribution in [3.8, 4) is 16.9 Å². The Bertz CT molecular complexity index is 1040. The van der Waals surface area contributed by atoms with E-state index in [1.807, 2.05) is 12.1 Å². The van der Waals surface area contributed by atoms with Crippen molar-refractivity contribution in [1.82, 2.24) is 15.3 Å². The number of nitrogens with zero attached hydrogens (tertiary/aromatic N) is 1. The predicted molar refractivity (Wildman–Crippen MR) is 121 cm³/mol. The first-order valence-corrected chi connectivity index (χ1v) is 11.7. The number of amides is 2. The van der Waals surface area contributed by atoms with Crippen LogP contribution in [0.15, 0.2) is 53.4 Å². The predicted octanol–water partition coefficient (Wildman–Crippen LogP) is 2.09. The van der Waals surface area contributed by atoms with Gasteiger partial charge in [-0.05, 0) is 55.7 Å². The molecule has 1 atom stereocenters. The Hall–Kier alpha value is -2.99. The first-order valence-electron chi connectivity index (χ1n) is 10.2. The maximum absolute atomic E-state index is 13.4. The van der Waals surface area contributed by atoms with Gasteiger partial charge < -0.3 is 10.1 Å². The summed E-state index contributed by atoms with van der Waals surface area (Å²) in [7, 11) is -2.73. The molecule has 180 valence electrons. The van der Waals surface area contributed by atoms with Crippen LogP contribution in [0.2, 0.25) is 0 Å². The average molecular weight is 480 g/mol. The van der Waals surface area contributed by atoms with E-state index in [1.54, 1.807) is 45.2 Å². The van der Waals surface area contributed by atoms with Crippen LogP contribution in [0, 0.1) is 0 Å². The van der Waals surface area contributed by atoms with Gasteiger partial charge in [0.25, 0.3) is 15.9 Å². The van der Waals surface area contributed by atoms with Gasteiger partial charge in [-0.2, -0.15) is 0 Å². The third kappa shape index (κ3) is 6.99. The molecule has 0 heterocycles. The van der Waals surface area contributed by atoms with Crippen LogP contribution < -0.4 is 15.5 Å². The average Bonchev–Trinajstić information content (AvgIpc) is 2.80. The Balaban J connectivity index is 2.38. The number of hydrogen-bond acceptors (Lipinski definition) is 7. The molecule has 33 heavy (non-hydrogen) atoms. The molecule has 0 bridgehead atoms. The fourth-order valence-corrected chi connectivity index (χ4v) is 4.51. The monoisotopic (exact) mass is 479 g/mol. The van der Waals surface area contributed by atoms with Gasteiger partial charge in [-0.15, -0.1) is 0 Å². The molecule has 0 aliphatic carbocycles. The van der Waals surface area contributed by atoms with Crippen molar-refractivity contribution in [1.29, 1.82) is 0 Å². The Morgan fingerprint density at radius 1 is 1.03 bits per heavy atom. The summed E-state index contributed by atoms with van der Waals surface area (Å²) in [6, 6.07) is 12.0. The number of rotatable bonds is 11. The molecule has 0 spiro atoms. The maximum atomic E-state index is 13.4. The Morgan fingerprint density at radius 3 is 2.03 bits per heavy atom. The van der Waals surface area contributed by atoms with Crippen LogP contribution in [0.25, 0.3) is 11.1 Å². The first kappa shape index (κ1) is 26.3. The van der Waals surface area contributed by atoms with Gasteiger partial charge in [-0.3, -0.25) is 19.6 Å². The van der Waals surface area contributed by atoms with Gasteiger partial charge in [0.15, 0.2) is 0 Å². The zero-order chi connectivity index (χ0) is 24.6. The topological polar surface area (TPSA) is 134 Å². The number of methoxy groups -OCH3 is 1. The smallest absolute Gasteiger partial charge is 0.265 e. The Labute approximate surface area is 193 Å². The summed E-state index contributed by atoms with van der Waals surface area (Å²) in [4.78, 5) is 28.9. The van der Waals surface area contributed by atoms with Gasteiger partial charge in [0.1, 0.15) is 11.8 Å². The summed E-state index contributed by atoms with van der Waals surface area (Å²) < 4.78 is 32.5. The van der Waals surface area contributed by atoms with Gasteiger partial charge in [0.05, 0.1) is 18.1 Å². The Kier molecular flexibility index (Phi) is 9.35. The highest BCUT2D eigenvalue weighted by Crippen LogP contribution is 2.26. The second-order valence-corrected chi connectivity index (χ2v) is 9.21. The molecule has 0 saturated carbocycles. The SMILES string of the molecule is COc1ccc(-c2ccc(S(=O)(=O)N(OC(C)C)C(CCNC(C)=O)C(=O)NO)cc2)cc1. The van der Waals surface area contributed by atoms with E-state index in [-0.39, 0.29) is 23.8 Å². The van der Waals surface area contributed by atoms with Crippen LogP contribution >= 0.6 is 0 Å². The third-order valence-corrected chi connectivity index (χ3v) is 6.27. The van der Waals surface area contributed by atoms with Crippen molar-refractivity contribution in [3.05, 3.63) is 48.5 Å². The number of sulfonamides is 1.